The number of fused-ring (bicyclic) bond motifs is 1. The topological polar surface area (TPSA) is 52.2 Å². The Morgan fingerprint density at radius 2 is 1.73 bits per heavy atom. The van der Waals surface area contributed by atoms with E-state index in [2.05, 4.69) is 39.1 Å². The van der Waals surface area contributed by atoms with Crippen molar-refractivity contribution in [2.24, 2.45) is 0 Å². The number of rotatable bonds is 5. The Balaban J connectivity index is 1.24. The van der Waals surface area contributed by atoms with Gasteiger partial charge in [-0.3, -0.25) is 4.79 Å². The third-order valence-corrected chi connectivity index (χ3v) is 5.59. The van der Waals surface area contributed by atoms with Gasteiger partial charge in [-0.1, -0.05) is 30.3 Å². The van der Waals surface area contributed by atoms with Crippen LogP contribution in [0.25, 0.3) is 11.0 Å². The normalized spacial score (nSPS) is 14.8. The Bertz CT molecular complexity index is 839. The van der Waals surface area contributed by atoms with Gasteiger partial charge >= 0.3 is 0 Å². The standard InChI is InChI=1S/C20H22N4OS/c25-20(15-26-14-19-21-17-8-4-5-9-18(17)22-19)24-12-10-23(11-13-24)16-6-2-1-3-7-16/h1-9H,10-15H2,(H,21,22). The van der Waals surface area contributed by atoms with Crippen LogP contribution in [0, 0.1) is 0 Å². The number of thioether (sulfide) groups is 1. The second kappa shape index (κ2) is 7.83. The maximum Gasteiger partial charge on any atom is 0.232 e. The Morgan fingerprint density at radius 3 is 2.50 bits per heavy atom. The molecule has 5 nitrogen and oxygen atoms in total. The van der Waals surface area contributed by atoms with Crippen LogP contribution in [0.2, 0.25) is 0 Å². The molecule has 2 aromatic carbocycles. The van der Waals surface area contributed by atoms with Gasteiger partial charge in [-0.25, -0.2) is 4.98 Å². The molecule has 6 heteroatoms. The first-order valence-corrected chi connectivity index (χ1v) is 10.0. The fraction of sp³-hybridized carbons (Fsp3) is 0.300. The smallest absolute Gasteiger partial charge is 0.232 e. The number of anilines is 1. The predicted octanol–water partition coefficient (Wildman–Crippen LogP) is 3.14. The average molecular weight is 366 g/mol. The van der Waals surface area contributed by atoms with E-state index in [9.17, 15) is 4.79 Å². The van der Waals surface area contributed by atoms with Gasteiger partial charge in [0.2, 0.25) is 5.91 Å². The van der Waals surface area contributed by atoms with Crippen LogP contribution in [0.15, 0.2) is 54.6 Å². The highest BCUT2D eigenvalue weighted by Gasteiger charge is 2.21. The summed E-state index contributed by atoms with van der Waals surface area (Å²) in [6.07, 6.45) is 0. The van der Waals surface area contributed by atoms with Crippen molar-refractivity contribution in [3.05, 3.63) is 60.4 Å². The Hall–Kier alpha value is -2.47. The lowest BCUT2D eigenvalue weighted by molar-refractivity contribution is -0.128. The van der Waals surface area contributed by atoms with Gasteiger partial charge < -0.3 is 14.8 Å². The summed E-state index contributed by atoms with van der Waals surface area (Å²) in [4.78, 5) is 24.6. The van der Waals surface area contributed by atoms with Gasteiger partial charge in [0.05, 0.1) is 22.5 Å². The highest BCUT2D eigenvalue weighted by molar-refractivity contribution is 7.99. The van der Waals surface area contributed by atoms with Crippen molar-refractivity contribution in [3.8, 4) is 0 Å². The SMILES string of the molecule is O=C(CSCc1nc2ccccc2[nH]1)N1CCN(c2ccccc2)CC1. The zero-order valence-corrected chi connectivity index (χ0v) is 15.4. The second-order valence-electron chi connectivity index (χ2n) is 6.40. The van der Waals surface area contributed by atoms with Crippen molar-refractivity contribution in [2.45, 2.75) is 5.75 Å². The van der Waals surface area contributed by atoms with Crippen LogP contribution >= 0.6 is 11.8 Å². The summed E-state index contributed by atoms with van der Waals surface area (Å²) in [6.45, 7) is 3.37. The molecule has 1 amide bonds. The Labute approximate surface area is 157 Å². The van der Waals surface area contributed by atoms with Crippen LogP contribution < -0.4 is 4.90 Å². The third kappa shape index (κ3) is 3.85. The van der Waals surface area contributed by atoms with Gasteiger partial charge in [0, 0.05) is 31.9 Å². The molecule has 134 valence electrons. The van der Waals surface area contributed by atoms with E-state index in [-0.39, 0.29) is 5.91 Å². The molecular formula is C20H22N4OS. The quantitative estimate of drug-likeness (QED) is 0.754. The molecule has 1 N–H and O–H groups in total. The molecule has 0 aliphatic carbocycles. The van der Waals surface area contributed by atoms with E-state index in [0.29, 0.717) is 5.75 Å². The fourth-order valence-electron chi connectivity index (χ4n) is 3.25. The number of para-hydroxylation sites is 3. The minimum absolute atomic E-state index is 0.221. The molecule has 0 atom stereocenters. The molecule has 0 spiro atoms. The lowest BCUT2D eigenvalue weighted by Gasteiger charge is -2.36. The van der Waals surface area contributed by atoms with Gasteiger partial charge in [-0.15, -0.1) is 11.8 Å². The number of nitrogens with one attached hydrogen (secondary N) is 1. The molecule has 2 heterocycles. The molecule has 26 heavy (non-hydrogen) atoms. The van der Waals surface area contributed by atoms with E-state index < -0.39 is 0 Å². The lowest BCUT2D eigenvalue weighted by atomic mass is 10.2. The molecule has 0 bridgehead atoms. The third-order valence-electron chi connectivity index (χ3n) is 4.66. The summed E-state index contributed by atoms with van der Waals surface area (Å²) in [5.74, 6) is 2.38. The number of hydrogen-bond acceptors (Lipinski definition) is 4. The number of carbonyl (C=O) groups is 1. The number of hydrogen-bond donors (Lipinski definition) is 1. The first-order chi connectivity index (χ1) is 12.8. The Morgan fingerprint density at radius 1 is 1.00 bits per heavy atom. The molecule has 4 rings (SSSR count). The van der Waals surface area contributed by atoms with Crippen molar-refractivity contribution in [1.29, 1.82) is 0 Å². The molecule has 1 fully saturated rings. The highest BCUT2D eigenvalue weighted by atomic mass is 32.2. The number of benzene rings is 2. The zero-order valence-electron chi connectivity index (χ0n) is 14.6. The number of H-pyrrole nitrogens is 1. The molecule has 0 saturated carbocycles. The van der Waals surface area contributed by atoms with Crippen LogP contribution in [0.5, 0.6) is 0 Å². The van der Waals surface area contributed by atoms with Crippen LogP contribution in [0.4, 0.5) is 5.69 Å². The number of piperazine rings is 1. The number of aromatic nitrogens is 2. The fourth-order valence-corrected chi connectivity index (χ4v) is 4.04. The first kappa shape index (κ1) is 17.0. The molecule has 1 aromatic heterocycles. The predicted molar refractivity (Wildman–Crippen MR) is 107 cm³/mol. The molecule has 1 saturated heterocycles. The van der Waals surface area contributed by atoms with Crippen LogP contribution in [0.3, 0.4) is 0 Å². The largest absolute Gasteiger partial charge is 0.368 e. The average Bonchev–Trinajstić information content (AvgIpc) is 3.11. The maximum absolute atomic E-state index is 12.5. The van der Waals surface area contributed by atoms with Crippen LogP contribution in [-0.2, 0) is 10.5 Å². The number of imidazole rings is 1. The number of amides is 1. The van der Waals surface area contributed by atoms with Crippen LogP contribution in [-0.4, -0.2) is 52.7 Å². The molecule has 3 aromatic rings. The summed E-state index contributed by atoms with van der Waals surface area (Å²) in [5, 5.41) is 0. The number of carbonyl (C=O) groups excluding carboxylic acids is 1. The Kier molecular flexibility index (Phi) is 5.11. The monoisotopic (exact) mass is 366 g/mol. The van der Waals surface area contributed by atoms with Gasteiger partial charge in [-0.05, 0) is 24.3 Å². The molecule has 0 unspecified atom stereocenters. The summed E-state index contributed by atoms with van der Waals surface area (Å²) in [5.41, 5.74) is 3.26. The van der Waals surface area contributed by atoms with Gasteiger partial charge in [-0.2, -0.15) is 0 Å². The van der Waals surface area contributed by atoms with Gasteiger partial charge in [0.1, 0.15) is 5.82 Å². The summed E-state index contributed by atoms with van der Waals surface area (Å²) in [7, 11) is 0. The summed E-state index contributed by atoms with van der Waals surface area (Å²) >= 11 is 1.62. The van der Waals surface area contributed by atoms with Crippen molar-refractivity contribution >= 4 is 34.4 Å². The van der Waals surface area contributed by atoms with E-state index >= 15 is 0 Å². The highest BCUT2D eigenvalue weighted by Crippen LogP contribution is 2.18. The first-order valence-electron chi connectivity index (χ1n) is 8.89. The zero-order chi connectivity index (χ0) is 17.8. The lowest BCUT2D eigenvalue weighted by Crippen LogP contribution is -2.49. The maximum atomic E-state index is 12.5. The minimum Gasteiger partial charge on any atom is -0.368 e. The van der Waals surface area contributed by atoms with E-state index in [1.54, 1.807) is 11.8 Å². The van der Waals surface area contributed by atoms with Crippen molar-refractivity contribution in [1.82, 2.24) is 14.9 Å². The van der Waals surface area contributed by atoms with Crippen molar-refractivity contribution in [2.75, 3.05) is 36.8 Å². The van der Waals surface area contributed by atoms with Crippen LogP contribution in [0.1, 0.15) is 5.82 Å². The van der Waals surface area contributed by atoms with E-state index in [1.165, 1.54) is 5.69 Å². The van der Waals surface area contributed by atoms with Gasteiger partial charge in [0.25, 0.3) is 0 Å². The molecule has 1 aliphatic rings. The number of aromatic amines is 1. The molecule has 0 radical (unpaired) electrons. The van der Waals surface area contributed by atoms with Crippen molar-refractivity contribution in [3.63, 3.8) is 0 Å². The van der Waals surface area contributed by atoms with Gasteiger partial charge in [0.15, 0.2) is 0 Å². The summed E-state index contributed by atoms with van der Waals surface area (Å²) < 4.78 is 0. The molecule has 1 aliphatic heterocycles. The van der Waals surface area contributed by atoms with E-state index in [0.717, 1.165) is 48.8 Å². The minimum atomic E-state index is 0.221. The molecular weight excluding hydrogens is 344 g/mol. The van der Waals surface area contributed by atoms with Crippen molar-refractivity contribution < 1.29 is 4.79 Å². The number of nitrogens with zero attached hydrogens (tertiary/aromatic N) is 3. The van der Waals surface area contributed by atoms with E-state index in [1.807, 2.05) is 35.2 Å². The van der Waals surface area contributed by atoms with E-state index in [4.69, 9.17) is 0 Å². The summed E-state index contributed by atoms with van der Waals surface area (Å²) in [6, 6.07) is 18.4. The second-order valence-corrected chi connectivity index (χ2v) is 7.38.